The molecule has 1 aliphatic heterocycles. The molecule has 19 heavy (non-hydrogen) atoms. The van der Waals surface area contributed by atoms with Gasteiger partial charge < -0.3 is 16.4 Å². The first-order chi connectivity index (χ1) is 9.00. The number of benzene rings is 1. The molecule has 3 amide bonds. The molecule has 0 radical (unpaired) electrons. The Morgan fingerprint density at radius 3 is 2.84 bits per heavy atom. The van der Waals surface area contributed by atoms with E-state index in [1.807, 2.05) is 23.1 Å². The van der Waals surface area contributed by atoms with Gasteiger partial charge in [-0.25, -0.2) is 4.79 Å². The van der Waals surface area contributed by atoms with Crippen LogP contribution >= 0.6 is 0 Å². The number of anilines is 2. The Kier molecular flexibility index (Phi) is 3.59. The molecule has 6 heteroatoms. The van der Waals surface area contributed by atoms with E-state index in [9.17, 15) is 9.59 Å². The summed E-state index contributed by atoms with van der Waals surface area (Å²) in [4.78, 5) is 24.6. The molecule has 1 aromatic rings. The number of imide groups is 1. The Bertz CT molecular complexity index is 515. The summed E-state index contributed by atoms with van der Waals surface area (Å²) < 4.78 is 0. The SMILES string of the molecule is CC(C(=O)NC(N)=O)N1CCCc2c(N)cccc21. The molecule has 0 bridgehead atoms. The maximum atomic E-state index is 11.9. The lowest BCUT2D eigenvalue weighted by atomic mass is 9.98. The van der Waals surface area contributed by atoms with Crippen molar-refractivity contribution in [2.75, 3.05) is 17.2 Å². The van der Waals surface area contributed by atoms with Gasteiger partial charge in [-0.3, -0.25) is 10.1 Å². The lowest BCUT2D eigenvalue weighted by Crippen LogP contribution is -2.50. The van der Waals surface area contributed by atoms with Crippen LogP contribution in [0.2, 0.25) is 0 Å². The van der Waals surface area contributed by atoms with Crippen molar-refractivity contribution in [3.05, 3.63) is 23.8 Å². The monoisotopic (exact) mass is 262 g/mol. The molecule has 1 aliphatic rings. The van der Waals surface area contributed by atoms with Crippen molar-refractivity contribution in [2.45, 2.75) is 25.8 Å². The third kappa shape index (κ3) is 2.62. The minimum absolute atomic E-state index is 0.400. The summed E-state index contributed by atoms with van der Waals surface area (Å²) in [5, 5.41) is 2.11. The molecule has 0 saturated carbocycles. The maximum Gasteiger partial charge on any atom is 0.318 e. The summed E-state index contributed by atoms with van der Waals surface area (Å²) in [6.45, 7) is 2.50. The van der Waals surface area contributed by atoms with E-state index in [1.54, 1.807) is 6.92 Å². The highest BCUT2D eigenvalue weighted by Gasteiger charge is 2.27. The van der Waals surface area contributed by atoms with Crippen LogP contribution in [0.4, 0.5) is 16.2 Å². The number of primary amides is 1. The lowest BCUT2D eigenvalue weighted by molar-refractivity contribution is -0.120. The van der Waals surface area contributed by atoms with Crippen LogP contribution in [0, 0.1) is 0 Å². The Hall–Kier alpha value is -2.24. The number of nitrogens with two attached hydrogens (primary N) is 2. The predicted molar refractivity (Wildman–Crippen MR) is 73.7 cm³/mol. The Morgan fingerprint density at radius 1 is 1.42 bits per heavy atom. The first-order valence-corrected chi connectivity index (χ1v) is 6.25. The summed E-state index contributed by atoms with van der Waals surface area (Å²) >= 11 is 0. The minimum atomic E-state index is -0.832. The van der Waals surface area contributed by atoms with Crippen LogP contribution in [0.15, 0.2) is 18.2 Å². The Balaban J connectivity index is 2.26. The number of hydrogen-bond acceptors (Lipinski definition) is 4. The van der Waals surface area contributed by atoms with Crippen molar-refractivity contribution in [1.82, 2.24) is 5.32 Å². The van der Waals surface area contributed by atoms with E-state index >= 15 is 0 Å². The fourth-order valence-corrected chi connectivity index (χ4v) is 2.45. The first kappa shape index (κ1) is 13.2. The van der Waals surface area contributed by atoms with E-state index < -0.39 is 18.0 Å². The van der Waals surface area contributed by atoms with Crippen LogP contribution < -0.4 is 21.7 Å². The molecule has 1 heterocycles. The van der Waals surface area contributed by atoms with Gasteiger partial charge in [-0.1, -0.05) is 6.07 Å². The molecule has 0 aliphatic carbocycles. The van der Waals surface area contributed by atoms with Crippen molar-refractivity contribution in [1.29, 1.82) is 0 Å². The van der Waals surface area contributed by atoms with Gasteiger partial charge in [0, 0.05) is 17.9 Å². The van der Waals surface area contributed by atoms with Crippen molar-refractivity contribution < 1.29 is 9.59 Å². The number of nitrogens with one attached hydrogen (secondary N) is 1. The number of amides is 3. The molecule has 102 valence electrons. The molecule has 6 nitrogen and oxygen atoms in total. The maximum absolute atomic E-state index is 11.9. The van der Waals surface area contributed by atoms with Gasteiger partial charge in [-0.2, -0.15) is 0 Å². The molecular formula is C13H18N4O2. The highest BCUT2D eigenvalue weighted by atomic mass is 16.2. The molecule has 2 rings (SSSR count). The lowest BCUT2D eigenvalue weighted by Gasteiger charge is -2.35. The molecule has 0 saturated heterocycles. The van der Waals surface area contributed by atoms with Crippen LogP contribution in [-0.2, 0) is 11.2 Å². The zero-order valence-corrected chi connectivity index (χ0v) is 10.8. The largest absolute Gasteiger partial charge is 0.398 e. The van der Waals surface area contributed by atoms with Gasteiger partial charge in [0.25, 0.3) is 0 Å². The quantitative estimate of drug-likeness (QED) is 0.679. The molecular weight excluding hydrogens is 244 g/mol. The number of carbonyl (C=O) groups is 2. The molecule has 0 fully saturated rings. The number of rotatable bonds is 2. The van der Waals surface area contributed by atoms with Crippen LogP contribution in [0.25, 0.3) is 0 Å². The topological polar surface area (TPSA) is 101 Å². The number of nitrogen functional groups attached to an aromatic ring is 1. The van der Waals surface area contributed by atoms with Crippen LogP contribution in [0.3, 0.4) is 0 Å². The van der Waals surface area contributed by atoms with E-state index in [4.69, 9.17) is 11.5 Å². The molecule has 1 unspecified atom stereocenters. The Labute approximate surface area is 111 Å². The zero-order valence-electron chi connectivity index (χ0n) is 10.8. The Morgan fingerprint density at radius 2 is 2.16 bits per heavy atom. The number of fused-ring (bicyclic) bond motifs is 1. The summed E-state index contributed by atoms with van der Waals surface area (Å²) in [6, 6.07) is 4.37. The normalized spacial score (nSPS) is 15.5. The van der Waals surface area contributed by atoms with Gasteiger partial charge in [0.1, 0.15) is 6.04 Å². The average Bonchev–Trinajstić information content (AvgIpc) is 2.37. The van der Waals surface area contributed by atoms with Crippen LogP contribution in [0.1, 0.15) is 18.9 Å². The number of carbonyl (C=O) groups excluding carboxylic acids is 2. The minimum Gasteiger partial charge on any atom is -0.398 e. The average molecular weight is 262 g/mol. The summed E-state index contributed by atoms with van der Waals surface area (Å²) in [7, 11) is 0. The fraction of sp³-hybridized carbons (Fsp3) is 0.385. The molecule has 0 spiro atoms. The standard InChI is InChI=1S/C13H18N4O2/c1-8(12(18)16-13(15)19)17-7-3-4-9-10(14)5-2-6-11(9)17/h2,5-6,8H,3-4,7,14H2,1H3,(H3,15,16,18,19). The zero-order chi connectivity index (χ0) is 14.0. The third-order valence-electron chi connectivity index (χ3n) is 3.42. The second-order valence-electron chi connectivity index (χ2n) is 4.67. The number of hydrogen-bond donors (Lipinski definition) is 3. The van der Waals surface area contributed by atoms with E-state index in [0.29, 0.717) is 0 Å². The van der Waals surface area contributed by atoms with E-state index in [-0.39, 0.29) is 0 Å². The summed E-state index contributed by atoms with van der Waals surface area (Å²) in [6.07, 6.45) is 1.83. The second kappa shape index (κ2) is 5.17. The molecule has 5 N–H and O–H groups in total. The van der Waals surface area contributed by atoms with Crippen LogP contribution in [-0.4, -0.2) is 24.5 Å². The first-order valence-electron chi connectivity index (χ1n) is 6.25. The van der Waals surface area contributed by atoms with E-state index in [1.165, 1.54) is 0 Å². The summed E-state index contributed by atoms with van der Waals surface area (Å²) in [5.41, 5.74) is 13.7. The van der Waals surface area contributed by atoms with Gasteiger partial charge in [-0.15, -0.1) is 0 Å². The van der Waals surface area contributed by atoms with Crippen molar-refractivity contribution in [3.8, 4) is 0 Å². The van der Waals surface area contributed by atoms with Gasteiger partial charge in [0.05, 0.1) is 0 Å². The van der Waals surface area contributed by atoms with Gasteiger partial charge >= 0.3 is 6.03 Å². The van der Waals surface area contributed by atoms with Crippen molar-refractivity contribution in [2.24, 2.45) is 5.73 Å². The highest BCUT2D eigenvalue weighted by molar-refractivity contribution is 5.97. The van der Waals surface area contributed by atoms with Gasteiger partial charge in [0.2, 0.25) is 5.91 Å². The predicted octanol–water partition coefficient (Wildman–Crippen LogP) is 0.605. The molecule has 1 atom stereocenters. The number of nitrogens with zero attached hydrogens (tertiary/aromatic N) is 1. The van der Waals surface area contributed by atoms with Crippen molar-refractivity contribution >= 4 is 23.3 Å². The second-order valence-corrected chi connectivity index (χ2v) is 4.67. The van der Waals surface area contributed by atoms with Gasteiger partial charge in [-0.05, 0) is 37.5 Å². The van der Waals surface area contributed by atoms with Crippen molar-refractivity contribution in [3.63, 3.8) is 0 Å². The molecule has 1 aromatic carbocycles. The van der Waals surface area contributed by atoms with E-state index in [0.717, 1.165) is 36.3 Å². The molecule has 0 aromatic heterocycles. The smallest absolute Gasteiger partial charge is 0.318 e. The van der Waals surface area contributed by atoms with E-state index in [2.05, 4.69) is 5.32 Å². The third-order valence-corrected chi connectivity index (χ3v) is 3.42. The van der Waals surface area contributed by atoms with Gasteiger partial charge in [0.15, 0.2) is 0 Å². The fourth-order valence-electron chi connectivity index (χ4n) is 2.45. The number of urea groups is 1. The summed E-state index contributed by atoms with van der Waals surface area (Å²) in [5.74, 6) is -0.400. The highest BCUT2D eigenvalue weighted by Crippen LogP contribution is 2.32. The van der Waals surface area contributed by atoms with Crippen LogP contribution in [0.5, 0.6) is 0 Å².